The molecule has 2 aliphatic rings. The van der Waals surface area contributed by atoms with Crippen molar-refractivity contribution in [3.63, 3.8) is 0 Å². The Kier molecular flexibility index (Phi) is 5.12. The molecule has 26 heavy (non-hydrogen) atoms. The molecule has 0 amide bonds. The van der Waals surface area contributed by atoms with E-state index in [9.17, 15) is 0 Å². The third-order valence-corrected chi connectivity index (χ3v) is 5.86. The first-order valence-electron chi connectivity index (χ1n) is 8.82. The second kappa shape index (κ2) is 7.51. The first-order chi connectivity index (χ1) is 12.7. The Labute approximate surface area is 163 Å². The van der Waals surface area contributed by atoms with Crippen LogP contribution in [0.25, 0.3) is 0 Å². The second-order valence-electron chi connectivity index (χ2n) is 6.70. The van der Waals surface area contributed by atoms with Crippen molar-refractivity contribution < 1.29 is 9.47 Å². The summed E-state index contributed by atoms with van der Waals surface area (Å²) in [4.78, 5) is 0. The van der Waals surface area contributed by atoms with Crippen molar-refractivity contribution in [1.29, 1.82) is 0 Å². The van der Waals surface area contributed by atoms with Crippen LogP contribution in [0.5, 0.6) is 5.75 Å². The summed E-state index contributed by atoms with van der Waals surface area (Å²) >= 11 is 13.0. The van der Waals surface area contributed by atoms with E-state index < -0.39 is 0 Å². The Hall–Kier alpha value is -1.68. The SMILES string of the molecule is COCCOc1ccc2c(c1)C1C=CCC1C(c1c(Cl)cccc1Cl)N2. The molecule has 0 spiro atoms. The fourth-order valence-corrected chi connectivity index (χ4v) is 4.63. The van der Waals surface area contributed by atoms with Gasteiger partial charge < -0.3 is 14.8 Å². The highest BCUT2D eigenvalue weighted by molar-refractivity contribution is 6.36. The number of rotatable bonds is 5. The lowest BCUT2D eigenvalue weighted by Crippen LogP contribution is -2.29. The Morgan fingerprint density at radius 3 is 2.69 bits per heavy atom. The predicted octanol–water partition coefficient (Wildman–Crippen LogP) is 5.85. The second-order valence-corrected chi connectivity index (χ2v) is 7.52. The van der Waals surface area contributed by atoms with Crippen LogP contribution >= 0.6 is 23.2 Å². The molecule has 5 heteroatoms. The predicted molar refractivity (Wildman–Crippen MR) is 107 cm³/mol. The minimum Gasteiger partial charge on any atom is -0.491 e. The highest BCUT2D eigenvalue weighted by Gasteiger charge is 2.39. The number of anilines is 1. The van der Waals surface area contributed by atoms with E-state index in [1.807, 2.05) is 24.3 Å². The summed E-state index contributed by atoms with van der Waals surface area (Å²) in [5.74, 6) is 1.58. The van der Waals surface area contributed by atoms with Crippen molar-refractivity contribution >= 4 is 28.9 Å². The lowest BCUT2D eigenvalue weighted by molar-refractivity contribution is 0.146. The maximum atomic E-state index is 6.50. The van der Waals surface area contributed by atoms with Gasteiger partial charge in [-0.05, 0) is 48.2 Å². The van der Waals surface area contributed by atoms with E-state index in [1.165, 1.54) is 5.56 Å². The van der Waals surface area contributed by atoms with E-state index in [0.717, 1.165) is 23.4 Å². The maximum absolute atomic E-state index is 6.50. The van der Waals surface area contributed by atoms with E-state index >= 15 is 0 Å². The molecule has 1 aliphatic heterocycles. The molecular formula is C21H21Cl2NO2. The minimum absolute atomic E-state index is 0.0870. The van der Waals surface area contributed by atoms with Gasteiger partial charge in [-0.3, -0.25) is 0 Å². The van der Waals surface area contributed by atoms with E-state index in [4.69, 9.17) is 32.7 Å². The number of methoxy groups -OCH3 is 1. The summed E-state index contributed by atoms with van der Waals surface area (Å²) in [6, 6.07) is 12.0. The van der Waals surface area contributed by atoms with Gasteiger partial charge in [0, 0.05) is 34.3 Å². The molecular weight excluding hydrogens is 369 g/mol. The first-order valence-corrected chi connectivity index (χ1v) is 9.57. The summed E-state index contributed by atoms with van der Waals surface area (Å²) in [7, 11) is 1.67. The molecule has 0 bridgehead atoms. The van der Waals surface area contributed by atoms with Gasteiger partial charge in [-0.1, -0.05) is 41.4 Å². The van der Waals surface area contributed by atoms with Crippen LogP contribution in [-0.4, -0.2) is 20.3 Å². The molecule has 0 aromatic heterocycles. The van der Waals surface area contributed by atoms with Crippen LogP contribution in [0.1, 0.15) is 29.5 Å². The summed E-state index contributed by atoms with van der Waals surface area (Å²) in [6.07, 6.45) is 5.54. The van der Waals surface area contributed by atoms with Crippen molar-refractivity contribution in [2.24, 2.45) is 5.92 Å². The zero-order valence-corrected chi connectivity index (χ0v) is 16.1. The molecule has 3 atom stereocenters. The van der Waals surface area contributed by atoms with Crippen LogP contribution in [0.2, 0.25) is 10.0 Å². The van der Waals surface area contributed by atoms with Crippen LogP contribution in [0, 0.1) is 5.92 Å². The number of hydrogen-bond donors (Lipinski definition) is 1. The number of fused-ring (bicyclic) bond motifs is 3. The van der Waals surface area contributed by atoms with E-state index in [-0.39, 0.29) is 6.04 Å². The van der Waals surface area contributed by atoms with Gasteiger partial charge in [0.15, 0.2) is 0 Å². The molecule has 3 nitrogen and oxygen atoms in total. The lowest BCUT2D eigenvalue weighted by Gasteiger charge is -2.38. The third-order valence-electron chi connectivity index (χ3n) is 5.20. The van der Waals surface area contributed by atoms with Crippen molar-refractivity contribution in [1.82, 2.24) is 0 Å². The van der Waals surface area contributed by atoms with Gasteiger partial charge in [0.25, 0.3) is 0 Å². The average Bonchev–Trinajstić information content (AvgIpc) is 3.12. The highest BCUT2D eigenvalue weighted by atomic mass is 35.5. The standard InChI is InChI=1S/C21H21Cl2NO2/c1-25-10-11-26-13-8-9-19-16(12-13)14-4-2-5-15(14)21(24-19)20-17(22)6-3-7-18(20)23/h2-4,6-9,12,14-15,21,24H,5,10-11H2,1H3. The zero-order valence-electron chi connectivity index (χ0n) is 14.5. The van der Waals surface area contributed by atoms with Gasteiger partial charge in [0.2, 0.25) is 0 Å². The van der Waals surface area contributed by atoms with Gasteiger partial charge in [-0.25, -0.2) is 0 Å². The number of benzene rings is 2. The normalized spacial score (nSPS) is 23.3. The van der Waals surface area contributed by atoms with Crippen LogP contribution in [0.15, 0.2) is 48.6 Å². The molecule has 1 aliphatic carbocycles. The highest BCUT2D eigenvalue weighted by Crippen LogP contribution is 2.52. The molecule has 0 fully saturated rings. The Balaban J connectivity index is 1.68. The Bertz CT molecular complexity index is 817. The summed E-state index contributed by atoms with van der Waals surface area (Å²) in [5.41, 5.74) is 3.36. The fraction of sp³-hybridized carbons (Fsp3) is 0.333. The van der Waals surface area contributed by atoms with Crippen LogP contribution < -0.4 is 10.1 Å². The number of allylic oxidation sites excluding steroid dienone is 2. The number of ether oxygens (including phenoxy) is 2. The molecule has 3 unspecified atom stereocenters. The molecule has 1 N–H and O–H groups in total. The van der Waals surface area contributed by atoms with Crippen LogP contribution in [-0.2, 0) is 4.74 Å². The fourth-order valence-electron chi connectivity index (χ4n) is 4.00. The topological polar surface area (TPSA) is 30.5 Å². The van der Waals surface area contributed by atoms with Crippen molar-refractivity contribution in [2.45, 2.75) is 18.4 Å². The quantitative estimate of drug-likeness (QED) is 0.514. The molecule has 2 aromatic carbocycles. The van der Waals surface area contributed by atoms with E-state index in [0.29, 0.717) is 35.1 Å². The molecule has 0 saturated heterocycles. The van der Waals surface area contributed by atoms with Gasteiger partial charge in [-0.2, -0.15) is 0 Å². The van der Waals surface area contributed by atoms with Gasteiger partial charge in [0.05, 0.1) is 12.6 Å². The van der Waals surface area contributed by atoms with Gasteiger partial charge in [0.1, 0.15) is 12.4 Å². The zero-order chi connectivity index (χ0) is 18.1. The largest absolute Gasteiger partial charge is 0.491 e. The number of hydrogen-bond acceptors (Lipinski definition) is 3. The number of nitrogens with one attached hydrogen (secondary N) is 1. The molecule has 0 saturated carbocycles. The van der Waals surface area contributed by atoms with Gasteiger partial charge >= 0.3 is 0 Å². The molecule has 0 radical (unpaired) electrons. The summed E-state index contributed by atoms with van der Waals surface area (Å²) in [5, 5.41) is 5.10. The molecule has 2 aromatic rings. The molecule has 136 valence electrons. The summed E-state index contributed by atoms with van der Waals surface area (Å²) in [6.45, 7) is 1.12. The Morgan fingerprint density at radius 1 is 1.12 bits per heavy atom. The minimum atomic E-state index is 0.0870. The number of halogens is 2. The third kappa shape index (κ3) is 3.20. The summed E-state index contributed by atoms with van der Waals surface area (Å²) < 4.78 is 10.8. The molecule has 1 heterocycles. The van der Waals surface area contributed by atoms with Crippen molar-refractivity contribution in [3.8, 4) is 5.75 Å². The van der Waals surface area contributed by atoms with E-state index in [1.54, 1.807) is 7.11 Å². The van der Waals surface area contributed by atoms with Crippen molar-refractivity contribution in [3.05, 3.63) is 69.7 Å². The Morgan fingerprint density at radius 2 is 1.92 bits per heavy atom. The van der Waals surface area contributed by atoms with E-state index in [2.05, 4.69) is 29.6 Å². The van der Waals surface area contributed by atoms with Gasteiger partial charge in [-0.15, -0.1) is 0 Å². The smallest absolute Gasteiger partial charge is 0.119 e. The maximum Gasteiger partial charge on any atom is 0.119 e. The monoisotopic (exact) mass is 389 g/mol. The van der Waals surface area contributed by atoms with Crippen LogP contribution in [0.3, 0.4) is 0 Å². The van der Waals surface area contributed by atoms with Crippen LogP contribution in [0.4, 0.5) is 5.69 Å². The molecule has 4 rings (SSSR count). The average molecular weight is 390 g/mol. The first kappa shape index (κ1) is 17.7. The van der Waals surface area contributed by atoms with Crippen molar-refractivity contribution in [2.75, 3.05) is 25.6 Å². The lowest BCUT2D eigenvalue weighted by atomic mass is 9.77.